The van der Waals surface area contributed by atoms with Gasteiger partial charge in [-0.1, -0.05) is 12.1 Å². The number of nitrogens with zero attached hydrogens (tertiary/aromatic N) is 4. The summed E-state index contributed by atoms with van der Waals surface area (Å²) in [4.78, 5) is 8.35. The van der Waals surface area contributed by atoms with Crippen molar-refractivity contribution in [1.82, 2.24) is 19.6 Å². The molecule has 0 aromatic carbocycles. The van der Waals surface area contributed by atoms with E-state index in [-0.39, 0.29) is 5.82 Å². The minimum Gasteiger partial charge on any atom is -0.366 e. The quantitative estimate of drug-likeness (QED) is 0.602. The summed E-state index contributed by atoms with van der Waals surface area (Å²) in [5.41, 5.74) is 5.72. The van der Waals surface area contributed by atoms with Gasteiger partial charge in [0.25, 0.3) is 0 Å². The van der Waals surface area contributed by atoms with Gasteiger partial charge < -0.3 is 5.32 Å². The van der Waals surface area contributed by atoms with Gasteiger partial charge in [0.1, 0.15) is 11.6 Å². The van der Waals surface area contributed by atoms with E-state index in [2.05, 4.69) is 32.5 Å². The molecule has 4 aromatic heterocycles. The van der Waals surface area contributed by atoms with E-state index in [0.29, 0.717) is 12.4 Å². The third kappa shape index (κ3) is 2.35. The zero-order chi connectivity index (χ0) is 17.5. The van der Waals surface area contributed by atoms with Crippen LogP contribution in [0.5, 0.6) is 0 Å². The highest BCUT2D eigenvalue weighted by atomic mass is 19.1. The molecule has 0 saturated carbocycles. The molecule has 1 aliphatic heterocycles. The van der Waals surface area contributed by atoms with E-state index in [1.165, 1.54) is 12.3 Å². The molecule has 0 bridgehead atoms. The fourth-order valence-corrected chi connectivity index (χ4v) is 3.31. The van der Waals surface area contributed by atoms with Gasteiger partial charge in [-0.25, -0.2) is 13.9 Å². The lowest BCUT2D eigenvalue weighted by atomic mass is 9.96. The van der Waals surface area contributed by atoms with E-state index in [0.717, 1.165) is 33.3 Å². The number of anilines is 1. The van der Waals surface area contributed by atoms with Crippen molar-refractivity contribution >= 4 is 16.9 Å². The van der Waals surface area contributed by atoms with E-state index in [9.17, 15) is 4.39 Å². The third-order valence-corrected chi connectivity index (χ3v) is 4.53. The van der Waals surface area contributed by atoms with Gasteiger partial charge in [0.05, 0.1) is 17.9 Å². The van der Waals surface area contributed by atoms with Gasteiger partial charge in [-0.05, 0) is 35.4 Å². The third-order valence-electron chi connectivity index (χ3n) is 4.53. The van der Waals surface area contributed by atoms with Crippen molar-refractivity contribution in [3.63, 3.8) is 0 Å². The minimum atomic E-state index is -0.347. The highest BCUT2D eigenvalue weighted by Crippen LogP contribution is 2.33. The fourth-order valence-electron chi connectivity index (χ4n) is 3.31. The second-order valence-electron chi connectivity index (χ2n) is 6.09. The summed E-state index contributed by atoms with van der Waals surface area (Å²) in [5.74, 6) is 0.351. The first-order chi connectivity index (χ1) is 12.8. The van der Waals surface area contributed by atoms with Crippen LogP contribution in [-0.2, 0) is 0 Å². The molecular formula is C20H14FN5. The van der Waals surface area contributed by atoms with Crippen LogP contribution in [0.3, 0.4) is 0 Å². The van der Waals surface area contributed by atoms with Crippen LogP contribution in [0.1, 0.15) is 11.1 Å². The molecule has 0 unspecified atom stereocenters. The van der Waals surface area contributed by atoms with Crippen molar-refractivity contribution in [2.24, 2.45) is 0 Å². The summed E-state index contributed by atoms with van der Waals surface area (Å²) in [6, 6.07) is 9.49. The van der Waals surface area contributed by atoms with Gasteiger partial charge in [-0.2, -0.15) is 5.10 Å². The molecule has 4 aromatic rings. The summed E-state index contributed by atoms with van der Waals surface area (Å²) in [7, 11) is 0. The Balaban J connectivity index is 1.67. The highest BCUT2D eigenvalue weighted by Gasteiger charge is 2.17. The van der Waals surface area contributed by atoms with Crippen LogP contribution in [0.25, 0.3) is 22.2 Å². The Morgan fingerprint density at radius 3 is 2.88 bits per heavy atom. The Hall–Kier alpha value is -3.54. The number of aromatic nitrogens is 4. The average Bonchev–Trinajstić information content (AvgIpc) is 3.11. The van der Waals surface area contributed by atoms with E-state index in [1.54, 1.807) is 6.20 Å². The van der Waals surface area contributed by atoms with Crippen molar-refractivity contribution in [3.05, 3.63) is 84.3 Å². The molecule has 5 heterocycles. The summed E-state index contributed by atoms with van der Waals surface area (Å²) >= 11 is 0. The van der Waals surface area contributed by atoms with Crippen LogP contribution >= 0.6 is 0 Å². The number of pyridine rings is 3. The molecule has 1 aliphatic rings. The standard InChI is InChI=1S/C20H14FN5/c21-15-9-17-16(3-6-23-20(17)24-11-15)13-4-7-26-19(8-13)18(12-25-26)14-2-1-5-22-10-14/h1-5,7-12H,6H2,(H,23,24). The van der Waals surface area contributed by atoms with Gasteiger partial charge in [-0.15, -0.1) is 0 Å². The van der Waals surface area contributed by atoms with Crippen LogP contribution in [0.4, 0.5) is 10.2 Å². The zero-order valence-electron chi connectivity index (χ0n) is 13.7. The van der Waals surface area contributed by atoms with Crippen LogP contribution < -0.4 is 5.32 Å². The van der Waals surface area contributed by atoms with Crippen molar-refractivity contribution in [2.75, 3.05) is 11.9 Å². The normalized spacial score (nSPS) is 13.2. The lowest BCUT2D eigenvalue weighted by molar-refractivity contribution is 0.621. The Bertz CT molecular complexity index is 1150. The van der Waals surface area contributed by atoms with Gasteiger partial charge in [0.15, 0.2) is 0 Å². The van der Waals surface area contributed by atoms with E-state index in [1.807, 2.05) is 41.3 Å². The molecule has 6 heteroatoms. The Labute approximate surface area is 148 Å². The van der Waals surface area contributed by atoms with Gasteiger partial charge in [-0.3, -0.25) is 4.98 Å². The second-order valence-corrected chi connectivity index (χ2v) is 6.09. The fraction of sp³-hybridized carbons (Fsp3) is 0.0500. The average molecular weight is 343 g/mol. The molecule has 1 N–H and O–H groups in total. The van der Waals surface area contributed by atoms with E-state index < -0.39 is 0 Å². The first-order valence-corrected chi connectivity index (χ1v) is 8.28. The summed E-state index contributed by atoms with van der Waals surface area (Å²) in [6.45, 7) is 0.654. The first kappa shape index (κ1) is 14.8. The molecule has 0 fully saturated rings. The lowest BCUT2D eigenvalue weighted by Gasteiger charge is -2.18. The van der Waals surface area contributed by atoms with E-state index in [4.69, 9.17) is 0 Å². The molecule has 0 amide bonds. The maximum atomic E-state index is 13.7. The molecule has 5 nitrogen and oxygen atoms in total. The molecule has 0 aliphatic carbocycles. The van der Waals surface area contributed by atoms with E-state index >= 15 is 0 Å². The molecule has 126 valence electrons. The topological polar surface area (TPSA) is 55.1 Å². The van der Waals surface area contributed by atoms with Gasteiger partial charge in [0, 0.05) is 41.8 Å². The van der Waals surface area contributed by atoms with Crippen molar-refractivity contribution in [1.29, 1.82) is 0 Å². The molecular weight excluding hydrogens is 329 g/mol. The Kier molecular flexibility index (Phi) is 3.28. The Morgan fingerprint density at radius 2 is 2.00 bits per heavy atom. The van der Waals surface area contributed by atoms with Crippen molar-refractivity contribution < 1.29 is 4.39 Å². The van der Waals surface area contributed by atoms with Gasteiger partial charge in [0.2, 0.25) is 0 Å². The molecule has 0 radical (unpaired) electrons. The van der Waals surface area contributed by atoms with Crippen LogP contribution in [-0.4, -0.2) is 26.1 Å². The van der Waals surface area contributed by atoms with Crippen LogP contribution in [0, 0.1) is 5.82 Å². The molecule has 5 rings (SSSR count). The zero-order valence-corrected chi connectivity index (χ0v) is 13.7. The number of hydrogen-bond donors (Lipinski definition) is 1. The highest BCUT2D eigenvalue weighted by molar-refractivity contribution is 5.90. The first-order valence-electron chi connectivity index (χ1n) is 8.28. The SMILES string of the molecule is Fc1cnc2c(c1)C(c1ccn3ncc(-c4cccnc4)c3c1)=CCN2. The van der Waals surface area contributed by atoms with Gasteiger partial charge >= 0.3 is 0 Å². The molecule has 0 saturated heterocycles. The van der Waals surface area contributed by atoms with Crippen LogP contribution in [0.2, 0.25) is 0 Å². The van der Waals surface area contributed by atoms with Crippen molar-refractivity contribution in [2.45, 2.75) is 0 Å². The van der Waals surface area contributed by atoms with Crippen molar-refractivity contribution in [3.8, 4) is 11.1 Å². The predicted molar refractivity (Wildman–Crippen MR) is 98.2 cm³/mol. The largest absolute Gasteiger partial charge is 0.366 e. The molecule has 0 spiro atoms. The number of hydrogen-bond acceptors (Lipinski definition) is 4. The second kappa shape index (κ2) is 5.77. The Morgan fingerprint density at radius 1 is 1.04 bits per heavy atom. The monoisotopic (exact) mass is 343 g/mol. The predicted octanol–water partition coefficient (Wildman–Crippen LogP) is 3.79. The summed E-state index contributed by atoms with van der Waals surface area (Å²) in [6.07, 6.45) is 10.6. The summed E-state index contributed by atoms with van der Waals surface area (Å²) < 4.78 is 15.6. The number of rotatable bonds is 2. The maximum Gasteiger partial charge on any atom is 0.142 e. The number of fused-ring (bicyclic) bond motifs is 2. The van der Waals surface area contributed by atoms with Crippen LogP contribution in [0.15, 0.2) is 67.4 Å². The maximum absolute atomic E-state index is 13.7. The number of nitrogens with one attached hydrogen (secondary N) is 1. The summed E-state index contributed by atoms with van der Waals surface area (Å²) in [5, 5.41) is 7.60. The lowest BCUT2D eigenvalue weighted by Crippen LogP contribution is -2.11. The smallest absolute Gasteiger partial charge is 0.142 e. The molecule has 26 heavy (non-hydrogen) atoms. The molecule has 0 atom stereocenters. The minimum absolute atomic E-state index is 0.347. The number of halogens is 1.